The molecule has 1 heterocycles. The van der Waals surface area contributed by atoms with Crippen LogP contribution >= 0.6 is 0 Å². The van der Waals surface area contributed by atoms with Gasteiger partial charge in [0.05, 0.1) is 11.1 Å². The molecule has 0 spiro atoms. The van der Waals surface area contributed by atoms with Gasteiger partial charge in [0.1, 0.15) is 5.82 Å². The topological polar surface area (TPSA) is 63.8 Å². The quantitative estimate of drug-likeness (QED) is 0.554. The molecule has 0 aliphatic heterocycles. The summed E-state index contributed by atoms with van der Waals surface area (Å²) in [6.45, 7) is 1.89. The standard InChI is InChI=1S/C15H13FN4/c1-9-6-7-12(16)11(8-9)14-18-13-5-3-2-4-10(13)15(19-14)20-17/h2-8H,17H2,1H3,(H,18,19,20). The van der Waals surface area contributed by atoms with Gasteiger partial charge in [-0.05, 0) is 31.2 Å². The number of fused-ring (bicyclic) bond motifs is 1. The summed E-state index contributed by atoms with van der Waals surface area (Å²) in [6.07, 6.45) is 0. The molecule has 0 radical (unpaired) electrons. The number of hydrogen-bond donors (Lipinski definition) is 2. The molecule has 2 aromatic carbocycles. The highest BCUT2D eigenvalue weighted by Gasteiger charge is 2.12. The molecule has 0 aliphatic rings. The van der Waals surface area contributed by atoms with Crippen LogP contribution < -0.4 is 11.3 Å². The van der Waals surface area contributed by atoms with Gasteiger partial charge in [0.25, 0.3) is 0 Å². The maximum Gasteiger partial charge on any atom is 0.165 e. The fraction of sp³-hybridized carbons (Fsp3) is 0.0667. The molecular formula is C15H13FN4. The third kappa shape index (κ3) is 2.08. The molecule has 0 atom stereocenters. The zero-order valence-corrected chi connectivity index (χ0v) is 10.9. The lowest BCUT2D eigenvalue weighted by atomic mass is 10.1. The van der Waals surface area contributed by atoms with Crippen molar-refractivity contribution in [2.75, 3.05) is 5.43 Å². The van der Waals surface area contributed by atoms with Gasteiger partial charge in [0.2, 0.25) is 0 Å². The third-order valence-electron chi connectivity index (χ3n) is 3.10. The fourth-order valence-electron chi connectivity index (χ4n) is 2.12. The molecule has 0 saturated heterocycles. The minimum Gasteiger partial charge on any atom is -0.308 e. The minimum absolute atomic E-state index is 0.317. The van der Waals surface area contributed by atoms with E-state index in [1.807, 2.05) is 31.2 Å². The van der Waals surface area contributed by atoms with Crippen LogP contribution in [0.25, 0.3) is 22.3 Å². The van der Waals surface area contributed by atoms with Crippen molar-refractivity contribution in [1.29, 1.82) is 0 Å². The first kappa shape index (κ1) is 12.5. The van der Waals surface area contributed by atoms with E-state index in [2.05, 4.69) is 15.4 Å². The largest absolute Gasteiger partial charge is 0.308 e. The fourth-order valence-corrected chi connectivity index (χ4v) is 2.12. The summed E-state index contributed by atoms with van der Waals surface area (Å²) in [5.74, 6) is 5.94. The molecule has 3 N–H and O–H groups in total. The molecule has 0 bridgehead atoms. The van der Waals surface area contributed by atoms with Crippen molar-refractivity contribution in [3.05, 3.63) is 53.8 Å². The van der Waals surface area contributed by atoms with Crippen LogP contribution in [0.2, 0.25) is 0 Å². The molecule has 0 aliphatic carbocycles. The van der Waals surface area contributed by atoms with E-state index in [9.17, 15) is 4.39 Å². The van der Waals surface area contributed by atoms with E-state index in [1.54, 1.807) is 12.1 Å². The second-order valence-electron chi connectivity index (χ2n) is 4.54. The summed E-state index contributed by atoms with van der Waals surface area (Å²) in [4.78, 5) is 8.71. The molecule has 5 heteroatoms. The van der Waals surface area contributed by atoms with Gasteiger partial charge in [-0.15, -0.1) is 0 Å². The molecule has 3 aromatic rings. The van der Waals surface area contributed by atoms with E-state index in [-0.39, 0.29) is 5.82 Å². The molecule has 1 aromatic heterocycles. The summed E-state index contributed by atoms with van der Waals surface area (Å²) >= 11 is 0. The Morgan fingerprint density at radius 1 is 1.10 bits per heavy atom. The van der Waals surface area contributed by atoms with Crippen molar-refractivity contribution >= 4 is 16.7 Å². The summed E-state index contributed by atoms with van der Waals surface area (Å²) in [5.41, 5.74) is 4.57. The van der Waals surface area contributed by atoms with Crippen LogP contribution in [0.3, 0.4) is 0 Å². The maximum atomic E-state index is 14.0. The number of para-hydroxylation sites is 1. The second kappa shape index (κ2) is 4.86. The lowest BCUT2D eigenvalue weighted by Crippen LogP contribution is -2.10. The third-order valence-corrected chi connectivity index (χ3v) is 3.10. The van der Waals surface area contributed by atoms with Crippen LogP contribution in [0.5, 0.6) is 0 Å². The number of hydrogen-bond acceptors (Lipinski definition) is 4. The Balaban J connectivity index is 2.29. The highest BCUT2D eigenvalue weighted by molar-refractivity contribution is 5.90. The van der Waals surface area contributed by atoms with Gasteiger partial charge in [-0.2, -0.15) is 0 Å². The zero-order valence-electron chi connectivity index (χ0n) is 10.9. The van der Waals surface area contributed by atoms with Crippen molar-refractivity contribution in [1.82, 2.24) is 9.97 Å². The molecule has 3 rings (SSSR count). The number of rotatable bonds is 2. The molecule has 20 heavy (non-hydrogen) atoms. The van der Waals surface area contributed by atoms with Crippen LogP contribution in [0.15, 0.2) is 42.5 Å². The predicted molar refractivity (Wildman–Crippen MR) is 77.5 cm³/mol. The molecule has 0 amide bonds. The van der Waals surface area contributed by atoms with Gasteiger partial charge < -0.3 is 5.43 Å². The van der Waals surface area contributed by atoms with Crippen LogP contribution in [0.4, 0.5) is 10.2 Å². The number of nitrogens with one attached hydrogen (secondary N) is 1. The Labute approximate surface area is 115 Å². The summed E-state index contributed by atoms with van der Waals surface area (Å²) in [6, 6.07) is 12.3. The van der Waals surface area contributed by atoms with E-state index in [1.165, 1.54) is 6.07 Å². The van der Waals surface area contributed by atoms with E-state index in [0.29, 0.717) is 22.7 Å². The van der Waals surface area contributed by atoms with Crippen LogP contribution in [0, 0.1) is 12.7 Å². The Hall–Kier alpha value is -2.53. The number of aromatic nitrogens is 2. The van der Waals surface area contributed by atoms with Crippen LogP contribution in [0.1, 0.15) is 5.56 Å². The smallest absolute Gasteiger partial charge is 0.165 e. The van der Waals surface area contributed by atoms with Crippen molar-refractivity contribution in [2.45, 2.75) is 6.92 Å². The number of nitrogens with zero attached hydrogens (tertiary/aromatic N) is 2. The number of benzene rings is 2. The predicted octanol–water partition coefficient (Wildman–Crippen LogP) is 3.03. The highest BCUT2D eigenvalue weighted by atomic mass is 19.1. The normalized spacial score (nSPS) is 10.8. The number of nitrogens with two attached hydrogens (primary N) is 1. The molecule has 100 valence electrons. The van der Waals surface area contributed by atoms with Crippen LogP contribution in [-0.2, 0) is 0 Å². The van der Waals surface area contributed by atoms with E-state index in [4.69, 9.17) is 5.84 Å². The Kier molecular flexibility index (Phi) is 3.04. The number of nitrogen functional groups attached to an aromatic ring is 1. The average molecular weight is 268 g/mol. The highest BCUT2D eigenvalue weighted by Crippen LogP contribution is 2.26. The van der Waals surface area contributed by atoms with Crippen molar-refractivity contribution in [3.63, 3.8) is 0 Å². The van der Waals surface area contributed by atoms with Crippen molar-refractivity contribution in [2.24, 2.45) is 5.84 Å². The summed E-state index contributed by atoms with van der Waals surface area (Å²) in [5, 5.41) is 0.798. The first-order chi connectivity index (χ1) is 9.69. The first-order valence-corrected chi connectivity index (χ1v) is 6.19. The summed E-state index contributed by atoms with van der Waals surface area (Å²) in [7, 11) is 0. The van der Waals surface area contributed by atoms with Crippen LogP contribution in [-0.4, -0.2) is 9.97 Å². The van der Waals surface area contributed by atoms with Crippen molar-refractivity contribution in [3.8, 4) is 11.4 Å². The number of hydrazine groups is 1. The van der Waals surface area contributed by atoms with E-state index < -0.39 is 0 Å². The molecule has 4 nitrogen and oxygen atoms in total. The van der Waals surface area contributed by atoms with E-state index >= 15 is 0 Å². The number of anilines is 1. The van der Waals surface area contributed by atoms with Gasteiger partial charge in [-0.1, -0.05) is 23.8 Å². The molecule has 0 fully saturated rings. The first-order valence-electron chi connectivity index (χ1n) is 6.19. The zero-order chi connectivity index (χ0) is 14.1. The lowest BCUT2D eigenvalue weighted by Gasteiger charge is -2.09. The Morgan fingerprint density at radius 2 is 1.90 bits per heavy atom. The van der Waals surface area contributed by atoms with Gasteiger partial charge in [-0.3, -0.25) is 0 Å². The van der Waals surface area contributed by atoms with E-state index in [0.717, 1.165) is 10.9 Å². The van der Waals surface area contributed by atoms with Gasteiger partial charge in [0, 0.05) is 5.39 Å². The van der Waals surface area contributed by atoms with Crippen molar-refractivity contribution < 1.29 is 4.39 Å². The number of halogens is 1. The Morgan fingerprint density at radius 3 is 2.70 bits per heavy atom. The van der Waals surface area contributed by atoms with Gasteiger partial charge in [-0.25, -0.2) is 20.2 Å². The molecule has 0 saturated carbocycles. The minimum atomic E-state index is -0.353. The lowest BCUT2D eigenvalue weighted by molar-refractivity contribution is 0.629. The van der Waals surface area contributed by atoms with Gasteiger partial charge >= 0.3 is 0 Å². The number of aryl methyl sites for hydroxylation is 1. The van der Waals surface area contributed by atoms with Gasteiger partial charge in [0.15, 0.2) is 11.6 Å². The second-order valence-corrected chi connectivity index (χ2v) is 4.54. The Bertz CT molecular complexity index is 786. The molecule has 0 unspecified atom stereocenters. The monoisotopic (exact) mass is 268 g/mol. The summed E-state index contributed by atoms with van der Waals surface area (Å²) < 4.78 is 14.0. The maximum absolute atomic E-state index is 14.0. The SMILES string of the molecule is Cc1ccc(F)c(-c2nc(NN)c3ccccc3n2)c1. The average Bonchev–Trinajstić information content (AvgIpc) is 2.48. The molecular weight excluding hydrogens is 255 g/mol.